The van der Waals surface area contributed by atoms with Gasteiger partial charge in [-0.2, -0.15) is 0 Å². The molecule has 3 heterocycles. The predicted octanol–water partition coefficient (Wildman–Crippen LogP) is 2.88. The van der Waals surface area contributed by atoms with Crippen LogP contribution in [-0.2, 0) is 4.79 Å². The third-order valence-corrected chi connectivity index (χ3v) is 5.36. The lowest BCUT2D eigenvalue weighted by Crippen LogP contribution is -2.50. The summed E-state index contributed by atoms with van der Waals surface area (Å²) < 4.78 is 0. The predicted molar refractivity (Wildman–Crippen MR) is 98.6 cm³/mol. The van der Waals surface area contributed by atoms with Crippen LogP contribution in [0.15, 0.2) is 47.8 Å². The lowest BCUT2D eigenvalue weighted by Gasteiger charge is -2.32. The van der Waals surface area contributed by atoms with E-state index in [1.807, 2.05) is 47.8 Å². The first-order valence-corrected chi connectivity index (χ1v) is 8.98. The van der Waals surface area contributed by atoms with E-state index in [2.05, 4.69) is 0 Å². The Morgan fingerprint density at radius 3 is 2.76 bits per heavy atom. The van der Waals surface area contributed by atoms with E-state index in [4.69, 9.17) is 4.98 Å². The smallest absolute Gasteiger partial charge is 0.255 e. The highest BCUT2D eigenvalue weighted by Crippen LogP contribution is 2.28. The van der Waals surface area contributed by atoms with Crippen LogP contribution in [0.2, 0.25) is 0 Å². The third-order valence-electron chi connectivity index (χ3n) is 4.46. The van der Waals surface area contributed by atoms with Crippen LogP contribution in [0.1, 0.15) is 10.4 Å². The van der Waals surface area contributed by atoms with Gasteiger partial charge in [-0.1, -0.05) is 24.3 Å². The molecule has 6 heteroatoms. The number of carbonyl (C=O) groups is 2. The largest absolute Gasteiger partial charge is 0.342 e. The monoisotopic (exact) mass is 351 g/mol. The summed E-state index contributed by atoms with van der Waals surface area (Å²) in [7, 11) is 1.76. The van der Waals surface area contributed by atoms with E-state index in [0.717, 1.165) is 21.5 Å². The number of pyridine rings is 1. The Labute approximate surface area is 149 Å². The molecule has 1 saturated heterocycles. The number of rotatable bonds is 2. The molecule has 25 heavy (non-hydrogen) atoms. The molecule has 0 unspecified atom stereocenters. The first-order chi connectivity index (χ1) is 12.1. The van der Waals surface area contributed by atoms with Crippen molar-refractivity contribution in [2.45, 2.75) is 0 Å². The summed E-state index contributed by atoms with van der Waals surface area (Å²) in [5, 5.41) is 2.81. The maximum atomic E-state index is 13.1. The van der Waals surface area contributed by atoms with Gasteiger partial charge in [0.2, 0.25) is 5.91 Å². The van der Waals surface area contributed by atoms with Gasteiger partial charge in [0.25, 0.3) is 5.91 Å². The van der Waals surface area contributed by atoms with E-state index in [1.165, 1.54) is 0 Å². The van der Waals surface area contributed by atoms with Crippen LogP contribution < -0.4 is 0 Å². The summed E-state index contributed by atoms with van der Waals surface area (Å²) in [6, 6.07) is 13.5. The molecule has 0 saturated carbocycles. The van der Waals surface area contributed by atoms with Crippen molar-refractivity contribution in [2.75, 3.05) is 26.7 Å². The zero-order chi connectivity index (χ0) is 17.4. The van der Waals surface area contributed by atoms with E-state index in [-0.39, 0.29) is 18.4 Å². The molecule has 0 radical (unpaired) electrons. The quantitative estimate of drug-likeness (QED) is 0.713. The maximum Gasteiger partial charge on any atom is 0.255 e. The lowest BCUT2D eigenvalue weighted by molar-refractivity contribution is -0.133. The van der Waals surface area contributed by atoms with Gasteiger partial charge >= 0.3 is 0 Å². The van der Waals surface area contributed by atoms with Crippen LogP contribution in [0.5, 0.6) is 0 Å². The van der Waals surface area contributed by atoms with Crippen LogP contribution in [0.3, 0.4) is 0 Å². The Morgan fingerprint density at radius 2 is 2.00 bits per heavy atom. The van der Waals surface area contributed by atoms with Crippen molar-refractivity contribution in [3.63, 3.8) is 0 Å². The number of hydrogen-bond donors (Lipinski definition) is 0. The van der Waals surface area contributed by atoms with Gasteiger partial charge in [0.15, 0.2) is 0 Å². The molecule has 1 fully saturated rings. The van der Waals surface area contributed by atoms with Gasteiger partial charge in [0.05, 0.1) is 21.7 Å². The van der Waals surface area contributed by atoms with Gasteiger partial charge < -0.3 is 9.80 Å². The fraction of sp³-hybridized carbons (Fsp3) is 0.211. The second kappa shape index (κ2) is 6.29. The van der Waals surface area contributed by atoms with Gasteiger partial charge in [0.1, 0.15) is 6.54 Å². The van der Waals surface area contributed by atoms with E-state index in [9.17, 15) is 9.59 Å². The van der Waals surface area contributed by atoms with E-state index in [0.29, 0.717) is 18.7 Å². The first-order valence-electron chi connectivity index (χ1n) is 8.10. The van der Waals surface area contributed by atoms with Crippen molar-refractivity contribution in [3.05, 3.63) is 53.4 Å². The van der Waals surface area contributed by atoms with Crippen molar-refractivity contribution in [1.29, 1.82) is 0 Å². The van der Waals surface area contributed by atoms with Gasteiger partial charge in [-0.05, 0) is 23.6 Å². The Morgan fingerprint density at radius 1 is 1.16 bits per heavy atom. The number of aromatic nitrogens is 1. The molecule has 2 amide bonds. The number of thiophene rings is 1. The maximum absolute atomic E-state index is 13.1. The number of carbonyl (C=O) groups excluding carboxylic acids is 2. The highest BCUT2D eigenvalue weighted by molar-refractivity contribution is 7.13. The molecule has 0 atom stereocenters. The molecule has 1 aliphatic rings. The van der Waals surface area contributed by atoms with E-state index < -0.39 is 0 Å². The highest BCUT2D eigenvalue weighted by atomic mass is 32.1. The number of benzene rings is 1. The van der Waals surface area contributed by atoms with Crippen molar-refractivity contribution in [1.82, 2.24) is 14.8 Å². The van der Waals surface area contributed by atoms with Crippen LogP contribution in [0.25, 0.3) is 21.5 Å². The molecule has 1 aliphatic heterocycles. The second-order valence-corrected chi connectivity index (χ2v) is 7.04. The highest BCUT2D eigenvalue weighted by Gasteiger charge is 2.27. The van der Waals surface area contributed by atoms with Gasteiger partial charge in [-0.15, -0.1) is 11.3 Å². The first kappa shape index (κ1) is 15.8. The molecule has 5 nitrogen and oxygen atoms in total. The molecule has 4 rings (SSSR count). The molecule has 0 aliphatic carbocycles. The summed E-state index contributed by atoms with van der Waals surface area (Å²) in [4.78, 5) is 34.1. The molecule has 0 N–H and O–H groups in total. The molecule has 1 aromatic carbocycles. The molecule has 126 valence electrons. The number of piperazine rings is 1. The standard InChI is InChI=1S/C19H17N3O2S/c1-21-8-9-22(12-18(21)23)19(24)14-11-16(17-7-4-10-25-17)20-15-6-3-2-5-13(14)15/h2-7,10-11H,8-9,12H2,1H3. The SMILES string of the molecule is CN1CCN(C(=O)c2cc(-c3cccs3)nc3ccccc23)CC1=O. The number of hydrogen-bond acceptors (Lipinski definition) is 4. The normalized spacial score (nSPS) is 15.0. The minimum atomic E-state index is -0.113. The minimum Gasteiger partial charge on any atom is -0.342 e. The minimum absolute atomic E-state index is 0.0311. The average Bonchev–Trinajstić information content (AvgIpc) is 3.17. The van der Waals surface area contributed by atoms with Crippen LogP contribution in [-0.4, -0.2) is 53.3 Å². The molecule has 3 aromatic rings. The van der Waals surface area contributed by atoms with Crippen LogP contribution >= 0.6 is 11.3 Å². The fourth-order valence-corrected chi connectivity index (χ4v) is 3.69. The number of fused-ring (bicyclic) bond motifs is 1. The van der Waals surface area contributed by atoms with Crippen LogP contribution in [0, 0.1) is 0 Å². The Hall–Kier alpha value is -2.73. The van der Waals surface area contributed by atoms with Gasteiger partial charge in [-0.25, -0.2) is 4.98 Å². The second-order valence-electron chi connectivity index (χ2n) is 6.09. The molecule has 0 bridgehead atoms. The number of para-hydroxylation sites is 1. The molecule has 0 spiro atoms. The summed E-state index contributed by atoms with van der Waals surface area (Å²) in [6.45, 7) is 1.23. The van der Waals surface area contributed by atoms with Gasteiger partial charge in [0, 0.05) is 25.5 Å². The lowest BCUT2D eigenvalue weighted by atomic mass is 10.1. The summed E-state index contributed by atoms with van der Waals surface area (Å²) in [6.07, 6.45) is 0. The van der Waals surface area contributed by atoms with E-state index in [1.54, 1.807) is 28.2 Å². The van der Waals surface area contributed by atoms with Crippen molar-refractivity contribution in [3.8, 4) is 10.6 Å². The third kappa shape index (κ3) is 2.89. The number of nitrogens with zero attached hydrogens (tertiary/aromatic N) is 3. The van der Waals surface area contributed by atoms with Crippen molar-refractivity contribution >= 4 is 34.1 Å². The summed E-state index contributed by atoms with van der Waals surface area (Å²) >= 11 is 1.59. The Bertz CT molecular complexity index is 952. The zero-order valence-corrected chi connectivity index (χ0v) is 14.6. The fourth-order valence-electron chi connectivity index (χ4n) is 3.01. The van der Waals surface area contributed by atoms with Gasteiger partial charge in [-0.3, -0.25) is 9.59 Å². The number of likely N-dealkylation sites (N-methyl/N-ethyl adjacent to an activating group) is 1. The summed E-state index contributed by atoms with van der Waals surface area (Å²) in [5.41, 5.74) is 2.18. The summed E-state index contributed by atoms with van der Waals surface area (Å²) in [5.74, 6) is -0.144. The molecular weight excluding hydrogens is 334 g/mol. The topological polar surface area (TPSA) is 53.5 Å². The number of amides is 2. The Kier molecular flexibility index (Phi) is 3.97. The molecular formula is C19H17N3O2S. The molecule has 2 aromatic heterocycles. The Balaban J connectivity index is 1.80. The van der Waals surface area contributed by atoms with Crippen LogP contribution in [0.4, 0.5) is 0 Å². The zero-order valence-electron chi connectivity index (χ0n) is 13.8. The van der Waals surface area contributed by atoms with Crippen molar-refractivity contribution in [2.24, 2.45) is 0 Å². The van der Waals surface area contributed by atoms with E-state index >= 15 is 0 Å². The average molecular weight is 351 g/mol. The van der Waals surface area contributed by atoms with Crippen molar-refractivity contribution < 1.29 is 9.59 Å².